The van der Waals surface area contributed by atoms with Crippen molar-refractivity contribution >= 4 is 0 Å². The predicted molar refractivity (Wildman–Crippen MR) is 112 cm³/mol. The maximum Gasteiger partial charge on any atom is 0.0684 e. The predicted octanol–water partition coefficient (Wildman–Crippen LogP) is 5.94. The fourth-order valence-electron chi connectivity index (χ4n) is 3.80. The smallest absolute Gasteiger partial charge is 0.0684 e. The van der Waals surface area contributed by atoms with Gasteiger partial charge in [-0.3, -0.25) is 0 Å². The van der Waals surface area contributed by atoms with Crippen LogP contribution in [0.2, 0.25) is 0 Å². The molecule has 27 heavy (non-hydrogen) atoms. The molecule has 0 radical (unpaired) electrons. The average molecular weight is 363 g/mol. The van der Waals surface area contributed by atoms with E-state index in [4.69, 9.17) is 0 Å². The summed E-state index contributed by atoms with van der Waals surface area (Å²) in [5.74, 6) is 0.521. The van der Waals surface area contributed by atoms with Crippen molar-refractivity contribution < 1.29 is 5.11 Å². The summed E-state index contributed by atoms with van der Waals surface area (Å²) in [4.78, 5) is 0. The number of hydrogen-bond donors (Lipinski definition) is 1. The van der Waals surface area contributed by atoms with Crippen LogP contribution in [0.25, 0.3) is 16.8 Å². The van der Waals surface area contributed by atoms with Crippen molar-refractivity contribution in [2.24, 2.45) is 0 Å². The Hall–Kier alpha value is -2.39. The third-order valence-corrected chi connectivity index (χ3v) is 5.41. The number of aryl methyl sites for hydroxylation is 2. The summed E-state index contributed by atoms with van der Waals surface area (Å²) in [6.07, 6.45) is 5.51. The second-order valence-corrected chi connectivity index (χ2v) is 7.37. The zero-order valence-electron chi connectivity index (χ0n) is 16.9. The van der Waals surface area contributed by atoms with Gasteiger partial charge in [0.25, 0.3) is 0 Å². The fourth-order valence-corrected chi connectivity index (χ4v) is 3.80. The van der Waals surface area contributed by atoms with E-state index in [0.717, 1.165) is 23.2 Å². The Kier molecular flexibility index (Phi) is 6.12. The number of hydrogen-bond acceptors (Lipinski definition) is 2. The summed E-state index contributed by atoms with van der Waals surface area (Å²) in [7, 11) is 0. The van der Waals surface area contributed by atoms with Gasteiger partial charge >= 0.3 is 0 Å². The fraction of sp³-hybridized carbons (Fsp3) is 0.375. The van der Waals surface area contributed by atoms with Crippen LogP contribution in [0.4, 0.5) is 0 Å². The molecule has 1 atom stereocenters. The minimum atomic E-state index is 0.0867. The minimum absolute atomic E-state index is 0.0867. The van der Waals surface area contributed by atoms with E-state index in [1.165, 1.54) is 35.2 Å². The normalized spacial score (nSPS) is 12.3. The molecule has 0 amide bonds. The van der Waals surface area contributed by atoms with Crippen LogP contribution in [0.5, 0.6) is 0 Å². The van der Waals surface area contributed by atoms with Gasteiger partial charge in [-0.2, -0.15) is 5.10 Å². The molecule has 3 aromatic rings. The molecule has 3 nitrogen and oxygen atoms in total. The third-order valence-electron chi connectivity index (χ3n) is 5.41. The Balaban J connectivity index is 2.11. The van der Waals surface area contributed by atoms with Crippen LogP contribution in [0.3, 0.4) is 0 Å². The number of rotatable bonds is 7. The zero-order valence-corrected chi connectivity index (χ0v) is 16.9. The number of nitrogens with zero attached hydrogens (tertiary/aromatic N) is 2. The lowest BCUT2D eigenvalue weighted by Crippen LogP contribution is -2.06. The molecule has 0 aliphatic carbocycles. The van der Waals surface area contributed by atoms with Crippen LogP contribution in [0, 0.1) is 13.8 Å². The van der Waals surface area contributed by atoms with Gasteiger partial charge in [-0.05, 0) is 78.6 Å². The van der Waals surface area contributed by atoms with Crippen LogP contribution in [0.1, 0.15) is 61.4 Å². The first-order valence-electron chi connectivity index (χ1n) is 9.94. The molecule has 0 bridgehead atoms. The van der Waals surface area contributed by atoms with E-state index in [2.05, 4.69) is 62.3 Å². The van der Waals surface area contributed by atoms with Crippen molar-refractivity contribution in [3.05, 3.63) is 71.0 Å². The van der Waals surface area contributed by atoms with Crippen molar-refractivity contribution in [1.29, 1.82) is 0 Å². The molecular weight excluding hydrogens is 332 g/mol. The third kappa shape index (κ3) is 4.14. The van der Waals surface area contributed by atoms with E-state index in [9.17, 15) is 5.11 Å². The van der Waals surface area contributed by atoms with E-state index in [1.54, 1.807) is 0 Å². The first kappa shape index (κ1) is 19.4. The number of aliphatic hydroxyl groups excluding tert-OH is 1. The molecule has 0 aliphatic rings. The molecule has 1 unspecified atom stereocenters. The Morgan fingerprint density at radius 3 is 2.33 bits per heavy atom. The standard InChI is InChI=1S/C24H30N2O/c1-5-7-19(6-2)23-15-21(20-8-9-22(16-27)17(3)14-20)10-11-24(23)26-13-12-18(4)25-26/h8-15,19,27H,5-7,16H2,1-4H3. The van der Waals surface area contributed by atoms with Crippen LogP contribution in [-0.4, -0.2) is 14.9 Å². The summed E-state index contributed by atoms with van der Waals surface area (Å²) in [5, 5.41) is 14.1. The topological polar surface area (TPSA) is 38.0 Å². The lowest BCUT2D eigenvalue weighted by Gasteiger charge is -2.20. The Bertz CT molecular complexity index is 910. The van der Waals surface area contributed by atoms with Gasteiger partial charge in [0.15, 0.2) is 0 Å². The molecular formula is C24H30N2O. The van der Waals surface area contributed by atoms with Crippen LogP contribution < -0.4 is 0 Å². The summed E-state index contributed by atoms with van der Waals surface area (Å²) < 4.78 is 2.01. The highest BCUT2D eigenvalue weighted by atomic mass is 16.3. The number of aromatic nitrogens is 2. The van der Waals surface area contributed by atoms with Gasteiger partial charge in [0.05, 0.1) is 18.0 Å². The second kappa shape index (κ2) is 8.53. The van der Waals surface area contributed by atoms with Gasteiger partial charge in [-0.15, -0.1) is 0 Å². The zero-order chi connectivity index (χ0) is 19.4. The van der Waals surface area contributed by atoms with Crippen molar-refractivity contribution in [1.82, 2.24) is 9.78 Å². The average Bonchev–Trinajstić information content (AvgIpc) is 3.11. The SMILES string of the molecule is CCCC(CC)c1cc(-c2ccc(CO)c(C)c2)ccc1-n1ccc(C)n1. The van der Waals surface area contributed by atoms with Crippen LogP contribution in [0.15, 0.2) is 48.7 Å². The van der Waals surface area contributed by atoms with Gasteiger partial charge in [-0.25, -0.2) is 4.68 Å². The van der Waals surface area contributed by atoms with Gasteiger partial charge in [0.1, 0.15) is 0 Å². The molecule has 142 valence electrons. The molecule has 3 heteroatoms. The monoisotopic (exact) mass is 362 g/mol. The molecule has 0 saturated heterocycles. The highest BCUT2D eigenvalue weighted by molar-refractivity contribution is 5.68. The highest BCUT2D eigenvalue weighted by Crippen LogP contribution is 2.34. The first-order valence-corrected chi connectivity index (χ1v) is 9.94. The van der Waals surface area contributed by atoms with Gasteiger partial charge in [0.2, 0.25) is 0 Å². The summed E-state index contributed by atoms with van der Waals surface area (Å²) in [6, 6.07) is 15.1. The molecule has 0 spiro atoms. The molecule has 0 fully saturated rings. The molecule has 2 aromatic carbocycles. The Labute approximate surface area is 162 Å². The maximum atomic E-state index is 9.44. The number of aliphatic hydroxyl groups is 1. The Morgan fingerprint density at radius 1 is 1.00 bits per heavy atom. The first-order chi connectivity index (χ1) is 13.1. The Morgan fingerprint density at radius 2 is 1.74 bits per heavy atom. The van der Waals surface area contributed by atoms with Crippen LogP contribution in [-0.2, 0) is 6.61 Å². The molecule has 1 heterocycles. The van der Waals surface area contributed by atoms with Crippen molar-refractivity contribution in [3.8, 4) is 16.8 Å². The van der Waals surface area contributed by atoms with E-state index in [-0.39, 0.29) is 6.61 Å². The van der Waals surface area contributed by atoms with Crippen molar-refractivity contribution in [2.75, 3.05) is 0 Å². The van der Waals surface area contributed by atoms with Crippen LogP contribution >= 0.6 is 0 Å². The summed E-state index contributed by atoms with van der Waals surface area (Å²) >= 11 is 0. The lowest BCUT2D eigenvalue weighted by atomic mass is 9.88. The van der Waals surface area contributed by atoms with Gasteiger partial charge in [-0.1, -0.05) is 44.5 Å². The second-order valence-electron chi connectivity index (χ2n) is 7.37. The molecule has 1 aromatic heterocycles. The van der Waals surface area contributed by atoms with E-state index in [1.807, 2.05) is 23.9 Å². The maximum absolute atomic E-state index is 9.44. The van der Waals surface area contributed by atoms with E-state index >= 15 is 0 Å². The molecule has 3 rings (SSSR count). The largest absolute Gasteiger partial charge is 0.392 e. The minimum Gasteiger partial charge on any atom is -0.392 e. The number of benzene rings is 2. The quantitative estimate of drug-likeness (QED) is 0.564. The molecule has 0 aliphatic heterocycles. The molecule has 1 N–H and O–H groups in total. The highest BCUT2D eigenvalue weighted by Gasteiger charge is 2.16. The van der Waals surface area contributed by atoms with Gasteiger partial charge in [0, 0.05) is 6.20 Å². The summed E-state index contributed by atoms with van der Waals surface area (Å²) in [5.41, 5.74) is 8.10. The molecule has 0 saturated carbocycles. The lowest BCUT2D eigenvalue weighted by molar-refractivity contribution is 0.281. The van der Waals surface area contributed by atoms with Crippen molar-refractivity contribution in [3.63, 3.8) is 0 Å². The van der Waals surface area contributed by atoms with E-state index < -0.39 is 0 Å². The van der Waals surface area contributed by atoms with Crippen molar-refractivity contribution in [2.45, 2.75) is 59.5 Å². The van der Waals surface area contributed by atoms with Gasteiger partial charge < -0.3 is 5.11 Å². The summed E-state index contributed by atoms with van der Waals surface area (Å²) in [6.45, 7) is 8.69. The van der Waals surface area contributed by atoms with E-state index in [0.29, 0.717) is 5.92 Å².